The molecular weight excluding hydrogens is 256 g/mol. The summed E-state index contributed by atoms with van der Waals surface area (Å²) < 4.78 is 5.07. The van der Waals surface area contributed by atoms with Crippen molar-refractivity contribution in [3.63, 3.8) is 0 Å². The minimum atomic E-state index is -0.849. The Morgan fingerprint density at radius 2 is 2.15 bits per heavy atom. The van der Waals surface area contributed by atoms with Gasteiger partial charge in [0.2, 0.25) is 0 Å². The number of aromatic amines is 1. The average molecular weight is 270 g/mol. The average Bonchev–Trinajstić information content (AvgIpc) is 3.12. The van der Waals surface area contributed by atoms with Crippen LogP contribution in [0.15, 0.2) is 53.1 Å². The first-order valence-electron chi connectivity index (χ1n) is 6.31. The Kier molecular flexibility index (Phi) is 3.26. The highest BCUT2D eigenvalue weighted by molar-refractivity contribution is 5.97. The molecule has 0 bridgehead atoms. The Balaban J connectivity index is 1.67. The van der Waals surface area contributed by atoms with Gasteiger partial charge in [-0.05, 0) is 24.3 Å². The maximum Gasteiger partial charge on any atom is 0.267 e. The van der Waals surface area contributed by atoms with E-state index in [-0.39, 0.29) is 12.5 Å². The zero-order chi connectivity index (χ0) is 13.9. The summed E-state index contributed by atoms with van der Waals surface area (Å²) >= 11 is 0. The lowest BCUT2D eigenvalue weighted by Crippen LogP contribution is -2.28. The van der Waals surface area contributed by atoms with Crippen LogP contribution in [0.25, 0.3) is 10.9 Å². The van der Waals surface area contributed by atoms with Crippen molar-refractivity contribution in [2.24, 2.45) is 0 Å². The van der Waals surface area contributed by atoms with Crippen molar-refractivity contribution in [2.45, 2.75) is 6.10 Å². The van der Waals surface area contributed by atoms with E-state index >= 15 is 0 Å². The van der Waals surface area contributed by atoms with E-state index in [0.29, 0.717) is 11.5 Å². The fourth-order valence-corrected chi connectivity index (χ4v) is 2.06. The van der Waals surface area contributed by atoms with Gasteiger partial charge >= 0.3 is 0 Å². The Morgan fingerprint density at radius 3 is 2.90 bits per heavy atom. The SMILES string of the molecule is O=C(NCC(O)c1ccco1)c1cc2ccccc2[nH]1. The molecule has 1 atom stereocenters. The Bertz CT molecular complexity index is 683. The van der Waals surface area contributed by atoms with Crippen LogP contribution in [0.4, 0.5) is 0 Å². The normalized spacial score (nSPS) is 12.4. The van der Waals surface area contributed by atoms with Crippen LogP contribution in [0.2, 0.25) is 0 Å². The molecule has 0 aliphatic heterocycles. The molecule has 0 spiro atoms. The Hall–Kier alpha value is -2.53. The van der Waals surface area contributed by atoms with E-state index in [1.165, 1.54) is 6.26 Å². The predicted molar refractivity (Wildman–Crippen MR) is 74.3 cm³/mol. The van der Waals surface area contributed by atoms with Crippen molar-refractivity contribution in [3.8, 4) is 0 Å². The minimum Gasteiger partial charge on any atom is -0.467 e. The molecule has 5 nitrogen and oxygen atoms in total. The zero-order valence-electron chi connectivity index (χ0n) is 10.7. The van der Waals surface area contributed by atoms with Crippen molar-refractivity contribution >= 4 is 16.8 Å². The predicted octanol–water partition coefficient (Wildman–Crippen LogP) is 2.22. The van der Waals surface area contributed by atoms with Gasteiger partial charge in [0.15, 0.2) is 0 Å². The molecule has 5 heteroatoms. The number of hydrogen-bond acceptors (Lipinski definition) is 3. The summed E-state index contributed by atoms with van der Waals surface area (Å²) in [6, 6.07) is 12.8. The number of aliphatic hydroxyl groups is 1. The van der Waals surface area contributed by atoms with Gasteiger partial charge in [0.05, 0.1) is 12.8 Å². The Morgan fingerprint density at radius 1 is 1.30 bits per heavy atom. The van der Waals surface area contributed by atoms with Crippen LogP contribution in [-0.2, 0) is 0 Å². The number of benzene rings is 1. The number of amides is 1. The highest BCUT2D eigenvalue weighted by Gasteiger charge is 2.14. The van der Waals surface area contributed by atoms with Gasteiger partial charge in [0.1, 0.15) is 17.6 Å². The first kappa shape index (κ1) is 12.5. The molecule has 0 aliphatic carbocycles. The van der Waals surface area contributed by atoms with Crippen molar-refractivity contribution < 1.29 is 14.3 Å². The lowest BCUT2D eigenvalue weighted by Gasteiger charge is -2.08. The summed E-state index contributed by atoms with van der Waals surface area (Å²) in [5, 5.41) is 13.5. The fourth-order valence-electron chi connectivity index (χ4n) is 2.06. The summed E-state index contributed by atoms with van der Waals surface area (Å²) in [7, 11) is 0. The van der Waals surface area contributed by atoms with Crippen LogP contribution < -0.4 is 5.32 Å². The highest BCUT2D eigenvalue weighted by Crippen LogP contribution is 2.15. The standard InChI is InChI=1S/C15H14N2O3/c18-13(14-6-3-7-20-14)9-16-15(19)12-8-10-4-1-2-5-11(10)17-12/h1-8,13,17-18H,9H2,(H,16,19). The number of aromatic nitrogens is 1. The third-order valence-corrected chi connectivity index (χ3v) is 3.10. The molecule has 102 valence electrons. The fraction of sp³-hybridized carbons (Fsp3) is 0.133. The molecule has 0 fully saturated rings. The summed E-state index contributed by atoms with van der Waals surface area (Å²) in [5.41, 5.74) is 1.38. The number of furan rings is 1. The first-order chi connectivity index (χ1) is 9.74. The third-order valence-electron chi connectivity index (χ3n) is 3.10. The molecule has 3 aromatic rings. The summed E-state index contributed by atoms with van der Waals surface area (Å²) in [5.74, 6) is 0.175. The zero-order valence-corrected chi connectivity index (χ0v) is 10.7. The number of carbonyl (C=O) groups is 1. The number of rotatable bonds is 4. The lowest BCUT2D eigenvalue weighted by atomic mass is 10.2. The molecule has 0 saturated carbocycles. The topological polar surface area (TPSA) is 78.3 Å². The van der Waals surface area contributed by atoms with Crippen molar-refractivity contribution in [1.29, 1.82) is 0 Å². The van der Waals surface area contributed by atoms with E-state index in [2.05, 4.69) is 10.3 Å². The monoisotopic (exact) mass is 270 g/mol. The van der Waals surface area contributed by atoms with Gasteiger partial charge in [-0.1, -0.05) is 18.2 Å². The van der Waals surface area contributed by atoms with Crippen molar-refractivity contribution in [1.82, 2.24) is 10.3 Å². The van der Waals surface area contributed by atoms with E-state index < -0.39 is 6.10 Å². The largest absolute Gasteiger partial charge is 0.467 e. The molecule has 3 N–H and O–H groups in total. The molecule has 0 saturated heterocycles. The van der Waals surface area contributed by atoms with Gasteiger partial charge in [-0.25, -0.2) is 0 Å². The van der Waals surface area contributed by atoms with E-state index in [9.17, 15) is 9.90 Å². The number of nitrogens with one attached hydrogen (secondary N) is 2. The minimum absolute atomic E-state index is 0.0989. The molecule has 0 radical (unpaired) electrons. The number of fused-ring (bicyclic) bond motifs is 1. The number of para-hydroxylation sites is 1. The maximum atomic E-state index is 12.0. The molecule has 20 heavy (non-hydrogen) atoms. The van der Waals surface area contributed by atoms with Gasteiger partial charge < -0.3 is 19.8 Å². The number of carbonyl (C=O) groups excluding carboxylic acids is 1. The quantitative estimate of drug-likeness (QED) is 0.680. The van der Waals surface area contributed by atoms with Crippen LogP contribution >= 0.6 is 0 Å². The molecule has 2 aromatic heterocycles. The number of hydrogen-bond donors (Lipinski definition) is 3. The molecule has 1 aromatic carbocycles. The van der Waals surface area contributed by atoms with E-state index in [0.717, 1.165) is 10.9 Å². The van der Waals surface area contributed by atoms with Gasteiger partial charge in [-0.2, -0.15) is 0 Å². The van der Waals surface area contributed by atoms with Crippen LogP contribution in [-0.4, -0.2) is 22.5 Å². The summed E-state index contributed by atoms with van der Waals surface area (Å²) in [4.78, 5) is 15.0. The Labute approximate surface area is 115 Å². The van der Waals surface area contributed by atoms with Gasteiger partial charge in [0.25, 0.3) is 5.91 Å². The van der Waals surface area contributed by atoms with Crippen molar-refractivity contribution in [3.05, 3.63) is 60.2 Å². The summed E-state index contributed by atoms with van der Waals surface area (Å²) in [6.07, 6.45) is 0.635. The molecule has 1 amide bonds. The molecule has 0 aliphatic rings. The molecule has 1 unspecified atom stereocenters. The first-order valence-corrected chi connectivity index (χ1v) is 6.31. The third kappa shape index (κ3) is 2.44. The van der Waals surface area contributed by atoms with Crippen molar-refractivity contribution in [2.75, 3.05) is 6.54 Å². The van der Waals surface area contributed by atoms with Gasteiger partial charge in [0, 0.05) is 10.9 Å². The second-order valence-corrected chi connectivity index (χ2v) is 4.51. The number of H-pyrrole nitrogens is 1. The smallest absolute Gasteiger partial charge is 0.267 e. The molecular formula is C15H14N2O3. The summed E-state index contributed by atoms with van der Waals surface area (Å²) in [6.45, 7) is 0.0989. The van der Waals surface area contributed by atoms with Gasteiger partial charge in [-0.15, -0.1) is 0 Å². The van der Waals surface area contributed by atoms with Gasteiger partial charge in [-0.3, -0.25) is 4.79 Å². The van der Waals surface area contributed by atoms with E-state index in [4.69, 9.17) is 4.42 Å². The molecule has 3 rings (SSSR count). The van der Waals surface area contributed by atoms with E-state index in [1.54, 1.807) is 18.2 Å². The number of aliphatic hydroxyl groups excluding tert-OH is 1. The second-order valence-electron chi connectivity index (χ2n) is 4.51. The van der Waals surface area contributed by atoms with Crippen LogP contribution in [0.1, 0.15) is 22.4 Å². The highest BCUT2D eigenvalue weighted by atomic mass is 16.4. The van der Waals surface area contributed by atoms with Crippen LogP contribution in [0.5, 0.6) is 0 Å². The second kappa shape index (κ2) is 5.22. The van der Waals surface area contributed by atoms with E-state index in [1.807, 2.05) is 24.3 Å². The van der Waals surface area contributed by atoms with Crippen LogP contribution in [0.3, 0.4) is 0 Å². The van der Waals surface area contributed by atoms with Crippen LogP contribution in [0, 0.1) is 0 Å². The maximum absolute atomic E-state index is 12.0. The lowest BCUT2D eigenvalue weighted by molar-refractivity contribution is 0.0897. The molecule has 2 heterocycles.